The molecule has 1 nitrogen and oxygen atoms in total. The van der Waals surface area contributed by atoms with E-state index in [9.17, 15) is 0 Å². The summed E-state index contributed by atoms with van der Waals surface area (Å²) in [5.74, 6) is 2.78. The largest absolute Gasteiger partial charge is 0.456 e. The lowest BCUT2D eigenvalue weighted by atomic mass is 9.68. The van der Waals surface area contributed by atoms with E-state index in [-0.39, 0.29) is 11.8 Å². The van der Waals surface area contributed by atoms with E-state index in [1.165, 1.54) is 71.4 Å². The van der Waals surface area contributed by atoms with Gasteiger partial charge in [-0.05, 0) is 110 Å². The van der Waals surface area contributed by atoms with Crippen molar-refractivity contribution in [3.05, 3.63) is 216 Å². The number of furan rings is 1. The summed E-state index contributed by atoms with van der Waals surface area (Å²) in [5.41, 5.74) is 11.8. The van der Waals surface area contributed by atoms with Crippen molar-refractivity contribution in [1.82, 2.24) is 0 Å². The number of allylic oxidation sites excluding steroid dienone is 5. The van der Waals surface area contributed by atoms with Crippen LogP contribution in [0.2, 0.25) is 0 Å². The first kappa shape index (κ1) is 32.3. The van der Waals surface area contributed by atoms with Gasteiger partial charge in [0.2, 0.25) is 0 Å². The third kappa shape index (κ3) is 5.69. The molecule has 0 bridgehead atoms. The molecule has 0 aliphatic heterocycles. The predicted octanol–water partition coefficient (Wildman–Crippen LogP) is 14.6. The SMILES string of the molecule is C1=CC2C(c3ccccc3)=Cc3oc4c(C5CC(c6ccc7ccccc7c6)CC(c6ccc7cc(-c8ccccc8)ccc7c6)C5)cccc4c3C2C=C1. The van der Waals surface area contributed by atoms with Gasteiger partial charge in [-0.25, -0.2) is 0 Å². The van der Waals surface area contributed by atoms with Crippen LogP contribution in [0.3, 0.4) is 0 Å². The molecule has 55 heavy (non-hydrogen) atoms. The Kier molecular flexibility index (Phi) is 7.80. The Morgan fingerprint density at radius 2 is 1.04 bits per heavy atom. The van der Waals surface area contributed by atoms with Gasteiger partial charge < -0.3 is 4.42 Å². The Labute approximate surface area is 323 Å². The molecule has 0 N–H and O–H groups in total. The lowest BCUT2D eigenvalue weighted by Crippen LogP contribution is -2.20. The van der Waals surface area contributed by atoms with Gasteiger partial charge in [-0.2, -0.15) is 0 Å². The van der Waals surface area contributed by atoms with Crippen LogP contribution in [-0.4, -0.2) is 0 Å². The van der Waals surface area contributed by atoms with Crippen LogP contribution in [0.15, 0.2) is 186 Å². The first-order valence-electron chi connectivity index (χ1n) is 20.0. The number of benzene rings is 7. The molecule has 3 aliphatic carbocycles. The van der Waals surface area contributed by atoms with Crippen molar-refractivity contribution in [3.8, 4) is 11.1 Å². The van der Waals surface area contributed by atoms with Crippen LogP contribution in [0, 0.1) is 5.92 Å². The molecule has 8 aromatic rings. The lowest BCUT2D eigenvalue weighted by Gasteiger charge is -2.36. The van der Waals surface area contributed by atoms with Crippen LogP contribution in [-0.2, 0) is 0 Å². The summed E-state index contributed by atoms with van der Waals surface area (Å²) in [6.45, 7) is 0. The van der Waals surface area contributed by atoms with Crippen LogP contribution < -0.4 is 0 Å². The zero-order valence-electron chi connectivity index (χ0n) is 30.8. The van der Waals surface area contributed by atoms with E-state index in [2.05, 4.69) is 188 Å². The fourth-order valence-corrected chi connectivity index (χ4v) is 10.2. The fraction of sp³-hybridized carbons (Fsp3) is 0.148. The van der Waals surface area contributed by atoms with Gasteiger partial charge in [0.05, 0.1) is 0 Å². The molecule has 0 spiro atoms. The smallest absolute Gasteiger partial charge is 0.138 e. The van der Waals surface area contributed by atoms with Gasteiger partial charge in [0.15, 0.2) is 0 Å². The molecular weight excluding hydrogens is 665 g/mol. The monoisotopic (exact) mass is 706 g/mol. The van der Waals surface area contributed by atoms with Crippen LogP contribution in [0.25, 0.3) is 55.3 Å². The molecule has 5 atom stereocenters. The summed E-state index contributed by atoms with van der Waals surface area (Å²) in [4.78, 5) is 0. The second-order valence-corrected chi connectivity index (χ2v) is 16.0. The molecule has 0 saturated heterocycles. The Hall–Kier alpha value is -6.18. The van der Waals surface area contributed by atoms with Crippen molar-refractivity contribution >= 4 is 44.2 Å². The molecule has 3 aliphatic rings. The van der Waals surface area contributed by atoms with Crippen molar-refractivity contribution in [2.75, 3.05) is 0 Å². The van der Waals surface area contributed by atoms with Gasteiger partial charge in [-0.3, -0.25) is 0 Å². The lowest BCUT2D eigenvalue weighted by molar-refractivity contribution is 0.351. The third-order valence-corrected chi connectivity index (χ3v) is 12.9. The van der Waals surface area contributed by atoms with Crippen molar-refractivity contribution in [2.45, 2.75) is 42.9 Å². The number of hydrogen-bond donors (Lipinski definition) is 0. The van der Waals surface area contributed by atoms with Crippen molar-refractivity contribution in [3.63, 3.8) is 0 Å². The van der Waals surface area contributed by atoms with Crippen LogP contribution in [0.1, 0.15) is 76.5 Å². The summed E-state index contributed by atoms with van der Waals surface area (Å²) in [6, 6.07) is 58.6. The van der Waals surface area contributed by atoms with Gasteiger partial charge in [0, 0.05) is 22.8 Å². The fourth-order valence-electron chi connectivity index (χ4n) is 10.2. The average Bonchev–Trinajstić information content (AvgIpc) is 3.65. The maximum atomic E-state index is 7.09. The Morgan fingerprint density at radius 1 is 0.436 bits per heavy atom. The van der Waals surface area contributed by atoms with E-state index in [1.807, 2.05) is 0 Å². The molecule has 1 heterocycles. The van der Waals surface area contributed by atoms with E-state index < -0.39 is 0 Å². The molecule has 0 amide bonds. The van der Waals surface area contributed by atoms with Crippen LogP contribution in [0.4, 0.5) is 0 Å². The van der Waals surface area contributed by atoms with Crippen LogP contribution in [0.5, 0.6) is 0 Å². The highest BCUT2D eigenvalue weighted by atomic mass is 16.3. The molecule has 1 fully saturated rings. The molecule has 1 aromatic heterocycles. The summed E-state index contributed by atoms with van der Waals surface area (Å²) in [5, 5.41) is 6.51. The number of para-hydroxylation sites is 1. The molecule has 1 saturated carbocycles. The molecule has 5 unspecified atom stereocenters. The Bertz CT molecular complexity index is 2810. The minimum absolute atomic E-state index is 0.251. The minimum atomic E-state index is 0.251. The highest BCUT2D eigenvalue weighted by Gasteiger charge is 2.37. The summed E-state index contributed by atoms with van der Waals surface area (Å²) >= 11 is 0. The Morgan fingerprint density at radius 3 is 1.80 bits per heavy atom. The highest BCUT2D eigenvalue weighted by Crippen LogP contribution is 2.53. The van der Waals surface area contributed by atoms with Crippen molar-refractivity contribution < 1.29 is 4.42 Å². The third-order valence-electron chi connectivity index (χ3n) is 12.9. The summed E-state index contributed by atoms with van der Waals surface area (Å²) in [6.07, 6.45) is 14.9. The van der Waals surface area contributed by atoms with Crippen molar-refractivity contribution in [1.29, 1.82) is 0 Å². The predicted molar refractivity (Wildman–Crippen MR) is 230 cm³/mol. The zero-order valence-corrected chi connectivity index (χ0v) is 30.8. The normalized spacial score (nSPS) is 21.7. The van der Waals surface area contributed by atoms with Crippen LogP contribution >= 0.6 is 0 Å². The standard InChI is InChI=1S/C54H42O/c1-3-12-35(13-4-1)39-24-25-41-30-43(27-26-40(41)29-39)45-31-44(42-23-22-36-14-7-8-17-38(36)28-42)32-46(33-45)47-20-11-21-50-53-49-19-10-9-18-48(49)51(34-52(53)55-54(47)50)37-15-5-2-6-16-37/h1-30,34,44-46,48-49H,31-33H2. The maximum Gasteiger partial charge on any atom is 0.138 e. The molecular formula is C54H42O. The number of rotatable bonds is 5. The summed E-state index contributed by atoms with van der Waals surface area (Å²) in [7, 11) is 0. The number of fused-ring (bicyclic) bond motifs is 7. The second-order valence-electron chi connectivity index (χ2n) is 16.0. The molecule has 7 aromatic carbocycles. The second kappa shape index (κ2) is 13.3. The van der Waals surface area contributed by atoms with Gasteiger partial charge in [-0.1, -0.05) is 176 Å². The quantitative estimate of drug-likeness (QED) is 0.174. The van der Waals surface area contributed by atoms with E-state index in [1.54, 1.807) is 0 Å². The van der Waals surface area contributed by atoms with E-state index >= 15 is 0 Å². The van der Waals surface area contributed by atoms with Gasteiger partial charge >= 0.3 is 0 Å². The topological polar surface area (TPSA) is 13.1 Å². The first-order valence-corrected chi connectivity index (χ1v) is 20.0. The Balaban J connectivity index is 1.01. The summed E-state index contributed by atoms with van der Waals surface area (Å²) < 4.78 is 7.09. The minimum Gasteiger partial charge on any atom is -0.456 e. The molecule has 264 valence electrons. The first-order chi connectivity index (χ1) is 27.2. The van der Waals surface area contributed by atoms with Gasteiger partial charge in [-0.15, -0.1) is 0 Å². The van der Waals surface area contributed by atoms with Gasteiger partial charge in [0.25, 0.3) is 0 Å². The molecule has 0 radical (unpaired) electrons. The zero-order chi connectivity index (χ0) is 36.3. The van der Waals surface area contributed by atoms with Gasteiger partial charge in [0.1, 0.15) is 11.3 Å². The van der Waals surface area contributed by atoms with E-state index in [0.717, 1.165) is 30.6 Å². The maximum absolute atomic E-state index is 7.09. The van der Waals surface area contributed by atoms with E-state index in [4.69, 9.17) is 4.42 Å². The van der Waals surface area contributed by atoms with E-state index in [0.29, 0.717) is 17.8 Å². The number of hydrogen-bond acceptors (Lipinski definition) is 1. The molecule has 11 rings (SSSR count). The highest BCUT2D eigenvalue weighted by molar-refractivity contribution is 5.96. The molecule has 1 heteroatoms. The average molecular weight is 707 g/mol. The van der Waals surface area contributed by atoms with Crippen molar-refractivity contribution in [2.24, 2.45) is 5.92 Å².